The Bertz CT molecular complexity index is 873. The summed E-state index contributed by atoms with van der Waals surface area (Å²) in [6, 6.07) is 9.36. The molecule has 2 aromatic heterocycles. The maximum absolute atomic E-state index is 12.1. The van der Waals surface area contributed by atoms with Crippen LogP contribution < -0.4 is 0 Å². The second-order valence-electron chi connectivity index (χ2n) is 4.71. The molecule has 0 bridgehead atoms. The highest BCUT2D eigenvalue weighted by Gasteiger charge is 2.39. The summed E-state index contributed by atoms with van der Waals surface area (Å²) >= 11 is 0. The number of carbonyl (C=O) groups is 3. The van der Waals surface area contributed by atoms with E-state index in [0.29, 0.717) is 16.2 Å². The van der Waals surface area contributed by atoms with Crippen molar-refractivity contribution < 1.29 is 23.6 Å². The number of imide groups is 1. The van der Waals surface area contributed by atoms with E-state index in [-0.39, 0.29) is 16.8 Å². The van der Waals surface area contributed by atoms with Crippen molar-refractivity contribution >= 4 is 28.9 Å². The van der Waals surface area contributed by atoms with Crippen molar-refractivity contribution in [2.75, 3.05) is 0 Å². The van der Waals surface area contributed by atoms with Crippen LogP contribution in [-0.4, -0.2) is 27.8 Å². The average molecular weight is 296 g/mol. The van der Waals surface area contributed by atoms with Crippen molar-refractivity contribution in [3.8, 4) is 0 Å². The molecule has 7 nitrogen and oxygen atoms in total. The van der Waals surface area contributed by atoms with E-state index in [0.717, 1.165) is 0 Å². The number of nitrogens with zero attached hydrogens (tertiary/aromatic N) is 1. The standard InChI is InChI=1S/C15H8N2O5/c18-13-8-3-1-2-4-9(8)14(19)17(13)22-15(20)11-7-12-10(16-11)5-6-21-12/h1-7,16H. The number of H-pyrrole nitrogens is 1. The van der Waals surface area contributed by atoms with Crippen LogP contribution in [0.4, 0.5) is 0 Å². The first-order valence-electron chi connectivity index (χ1n) is 6.41. The monoisotopic (exact) mass is 296 g/mol. The Labute approximate surface area is 123 Å². The number of benzene rings is 1. The predicted octanol–water partition coefficient (Wildman–Crippen LogP) is 2.13. The van der Waals surface area contributed by atoms with Gasteiger partial charge in [0.1, 0.15) is 5.69 Å². The number of hydrogen-bond acceptors (Lipinski definition) is 5. The smallest absolute Gasteiger partial charge is 0.380 e. The molecular weight excluding hydrogens is 288 g/mol. The van der Waals surface area contributed by atoms with E-state index in [2.05, 4.69) is 4.98 Å². The molecule has 108 valence electrons. The van der Waals surface area contributed by atoms with E-state index in [4.69, 9.17) is 9.25 Å². The van der Waals surface area contributed by atoms with Crippen LogP contribution in [0, 0.1) is 0 Å². The Balaban J connectivity index is 1.61. The third-order valence-electron chi connectivity index (χ3n) is 3.39. The quantitative estimate of drug-likeness (QED) is 0.731. The number of amides is 2. The van der Waals surface area contributed by atoms with Gasteiger partial charge >= 0.3 is 5.97 Å². The number of rotatable bonds is 2. The maximum atomic E-state index is 12.1. The molecule has 4 rings (SSSR count). The summed E-state index contributed by atoms with van der Waals surface area (Å²) in [6.07, 6.45) is 1.47. The molecule has 0 unspecified atom stereocenters. The largest absolute Gasteiger partial charge is 0.463 e. The van der Waals surface area contributed by atoms with Crippen molar-refractivity contribution in [3.63, 3.8) is 0 Å². The van der Waals surface area contributed by atoms with Gasteiger partial charge in [-0.25, -0.2) is 4.79 Å². The van der Waals surface area contributed by atoms with Gasteiger partial charge in [-0.05, 0) is 12.1 Å². The molecule has 3 heterocycles. The molecule has 0 saturated carbocycles. The van der Waals surface area contributed by atoms with Crippen LogP contribution in [0.2, 0.25) is 0 Å². The van der Waals surface area contributed by atoms with Crippen LogP contribution in [0.15, 0.2) is 47.1 Å². The summed E-state index contributed by atoms with van der Waals surface area (Å²) in [6.45, 7) is 0. The molecule has 1 N–H and O–H groups in total. The number of nitrogens with one attached hydrogen (secondary N) is 1. The minimum atomic E-state index is -0.846. The lowest BCUT2D eigenvalue weighted by Gasteiger charge is -2.11. The van der Waals surface area contributed by atoms with Gasteiger partial charge in [0.25, 0.3) is 11.8 Å². The number of fused-ring (bicyclic) bond motifs is 2. The van der Waals surface area contributed by atoms with Crippen molar-refractivity contribution in [1.82, 2.24) is 10.0 Å². The number of aromatic amines is 1. The third-order valence-corrected chi connectivity index (χ3v) is 3.39. The van der Waals surface area contributed by atoms with Crippen LogP contribution in [0.5, 0.6) is 0 Å². The first-order chi connectivity index (χ1) is 10.6. The highest BCUT2D eigenvalue weighted by atomic mass is 16.7. The summed E-state index contributed by atoms with van der Waals surface area (Å²) in [5.74, 6) is -2.17. The fourth-order valence-corrected chi connectivity index (χ4v) is 2.34. The molecule has 1 aromatic carbocycles. The fourth-order valence-electron chi connectivity index (χ4n) is 2.34. The van der Waals surface area contributed by atoms with E-state index in [9.17, 15) is 14.4 Å². The highest BCUT2D eigenvalue weighted by Crippen LogP contribution is 2.24. The molecule has 0 radical (unpaired) electrons. The van der Waals surface area contributed by atoms with E-state index < -0.39 is 17.8 Å². The third kappa shape index (κ3) is 1.65. The van der Waals surface area contributed by atoms with Gasteiger partial charge in [-0.15, -0.1) is 0 Å². The molecule has 0 saturated heterocycles. The van der Waals surface area contributed by atoms with Crippen molar-refractivity contribution in [1.29, 1.82) is 0 Å². The predicted molar refractivity (Wildman–Crippen MR) is 72.9 cm³/mol. The fraction of sp³-hybridized carbons (Fsp3) is 0. The van der Waals surface area contributed by atoms with Crippen molar-refractivity contribution in [2.24, 2.45) is 0 Å². The number of aromatic nitrogens is 1. The molecule has 0 aliphatic carbocycles. The minimum absolute atomic E-state index is 0.0888. The van der Waals surface area contributed by atoms with E-state index >= 15 is 0 Å². The van der Waals surface area contributed by atoms with Crippen LogP contribution in [-0.2, 0) is 4.84 Å². The average Bonchev–Trinajstić information content (AvgIpc) is 3.17. The van der Waals surface area contributed by atoms with Crippen molar-refractivity contribution in [2.45, 2.75) is 0 Å². The number of hydrogen-bond donors (Lipinski definition) is 1. The Morgan fingerprint density at radius 2 is 1.77 bits per heavy atom. The Hall–Kier alpha value is -3.35. The first-order valence-corrected chi connectivity index (χ1v) is 6.41. The van der Waals surface area contributed by atoms with Crippen LogP contribution in [0.3, 0.4) is 0 Å². The highest BCUT2D eigenvalue weighted by molar-refractivity contribution is 6.21. The Morgan fingerprint density at radius 1 is 1.09 bits per heavy atom. The van der Waals surface area contributed by atoms with E-state index in [1.54, 1.807) is 18.2 Å². The summed E-state index contributed by atoms with van der Waals surface area (Å²) in [4.78, 5) is 44.0. The summed E-state index contributed by atoms with van der Waals surface area (Å²) in [7, 11) is 0. The summed E-state index contributed by atoms with van der Waals surface area (Å²) in [5, 5.41) is 0.468. The minimum Gasteiger partial charge on any atom is -0.463 e. The molecule has 2 amide bonds. The van der Waals surface area contributed by atoms with Gasteiger partial charge in [0.2, 0.25) is 0 Å². The molecule has 1 aliphatic rings. The molecular formula is C15H8N2O5. The van der Waals surface area contributed by atoms with E-state index in [1.165, 1.54) is 24.5 Å². The summed E-state index contributed by atoms with van der Waals surface area (Å²) in [5.41, 5.74) is 1.61. The number of furan rings is 1. The SMILES string of the molecule is O=C(ON1C(=O)c2ccccc2C1=O)c1cc2occc2[nH]1. The molecule has 7 heteroatoms. The molecule has 1 aliphatic heterocycles. The lowest BCUT2D eigenvalue weighted by Crippen LogP contribution is -2.32. The Morgan fingerprint density at radius 3 is 2.41 bits per heavy atom. The Kier molecular flexibility index (Phi) is 2.43. The molecule has 0 spiro atoms. The first kappa shape index (κ1) is 12.4. The van der Waals surface area contributed by atoms with Gasteiger partial charge in [-0.1, -0.05) is 17.2 Å². The lowest BCUT2D eigenvalue weighted by molar-refractivity contribution is -0.0587. The van der Waals surface area contributed by atoms with Gasteiger partial charge in [0.05, 0.1) is 22.9 Å². The van der Waals surface area contributed by atoms with Gasteiger partial charge in [-0.2, -0.15) is 0 Å². The van der Waals surface area contributed by atoms with Crippen LogP contribution >= 0.6 is 0 Å². The van der Waals surface area contributed by atoms with Gasteiger partial charge in [-0.3, -0.25) is 9.59 Å². The molecule has 22 heavy (non-hydrogen) atoms. The maximum Gasteiger partial charge on any atom is 0.380 e. The van der Waals surface area contributed by atoms with E-state index in [1.807, 2.05) is 0 Å². The van der Waals surface area contributed by atoms with Gasteiger partial charge in [0, 0.05) is 12.1 Å². The molecule has 0 fully saturated rings. The topological polar surface area (TPSA) is 92.6 Å². The zero-order chi connectivity index (χ0) is 15.3. The lowest BCUT2D eigenvalue weighted by atomic mass is 10.1. The van der Waals surface area contributed by atoms with Crippen molar-refractivity contribution in [3.05, 3.63) is 59.5 Å². The van der Waals surface area contributed by atoms with Crippen LogP contribution in [0.1, 0.15) is 31.2 Å². The zero-order valence-electron chi connectivity index (χ0n) is 11.0. The van der Waals surface area contributed by atoms with Crippen LogP contribution in [0.25, 0.3) is 11.1 Å². The van der Waals surface area contributed by atoms with Gasteiger partial charge in [0.15, 0.2) is 5.58 Å². The zero-order valence-corrected chi connectivity index (χ0v) is 11.0. The molecule has 3 aromatic rings. The second-order valence-corrected chi connectivity index (χ2v) is 4.71. The number of hydroxylamine groups is 2. The second kappa shape index (κ2) is 4.32. The van der Waals surface area contributed by atoms with Gasteiger partial charge < -0.3 is 14.2 Å². The number of carbonyl (C=O) groups excluding carboxylic acids is 3. The summed E-state index contributed by atoms with van der Waals surface area (Å²) < 4.78 is 5.13. The normalized spacial score (nSPS) is 13.7. The molecule has 0 atom stereocenters.